The van der Waals surface area contributed by atoms with Gasteiger partial charge in [-0.1, -0.05) is 0 Å². The van der Waals surface area contributed by atoms with Crippen molar-refractivity contribution in [3.05, 3.63) is 23.0 Å². The largest absolute Gasteiger partial charge is 0.481 e. The summed E-state index contributed by atoms with van der Waals surface area (Å²) in [6.07, 6.45) is 2.42. The second kappa shape index (κ2) is 6.71. The van der Waals surface area contributed by atoms with Crippen LogP contribution in [0.1, 0.15) is 19.1 Å². The third-order valence-corrected chi connectivity index (χ3v) is 5.55. The van der Waals surface area contributed by atoms with Crippen LogP contribution in [0.5, 0.6) is 0 Å². The molecule has 1 aliphatic heterocycles. The van der Waals surface area contributed by atoms with E-state index in [0.717, 1.165) is 0 Å². The van der Waals surface area contributed by atoms with E-state index >= 15 is 0 Å². The number of H-pyrrole nitrogens is 1. The van der Waals surface area contributed by atoms with Crippen LogP contribution in [0.25, 0.3) is 11.2 Å². The fourth-order valence-electron chi connectivity index (χ4n) is 2.42. The summed E-state index contributed by atoms with van der Waals surface area (Å²) >= 11 is 0. The van der Waals surface area contributed by atoms with Crippen molar-refractivity contribution in [2.45, 2.75) is 25.2 Å². The number of phosphoric ester groups is 1. The highest BCUT2D eigenvalue weighted by Crippen LogP contribution is 2.57. The number of nitrogens with one attached hydrogen (secondary N) is 1. The quantitative estimate of drug-likeness (QED) is 0.482. The Labute approximate surface area is 139 Å². The minimum absolute atomic E-state index is 0.153. The van der Waals surface area contributed by atoms with E-state index in [2.05, 4.69) is 23.8 Å². The zero-order valence-corrected chi connectivity index (χ0v) is 14.2. The second-order valence-electron chi connectivity index (χ2n) is 5.18. The van der Waals surface area contributed by atoms with Crippen molar-refractivity contribution < 1.29 is 37.4 Å². The lowest BCUT2D eigenvalue weighted by molar-refractivity contribution is -0.0205. The number of aromatic nitrogens is 4. The van der Waals surface area contributed by atoms with E-state index in [4.69, 9.17) is 14.5 Å². The van der Waals surface area contributed by atoms with Gasteiger partial charge in [-0.3, -0.25) is 13.9 Å². The van der Waals surface area contributed by atoms with Crippen LogP contribution in [0.2, 0.25) is 0 Å². The summed E-state index contributed by atoms with van der Waals surface area (Å²) < 4.78 is 37.4. The van der Waals surface area contributed by atoms with Crippen molar-refractivity contribution in [2.24, 2.45) is 0 Å². The van der Waals surface area contributed by atoms with Gasteiger partial charge in [-0.25, -0.2) is 19.1 Å². The van der Waals surface area contributed by atoms with Crippen LogP contribution in [-0.4, -0.2) is 46.9 Å². The number of phosphoric acid groups is 2. The van der Waals surface area contributed by atoms with Crippen LogP contribution < -0.4 is 5.56 Å². The number of aromatic amines is 1. The molecule has 0 spiro atoms. The van der Waals surface area contributed by atoms with E-state index < -0.39 is 40.1 Å². The number of rotatable bonds is 6. The third kappa shape index (κ3) is 4.40. The van der Waals surface area contributed by atoms with Gasteiger partial charge >= 0.3 is 15.6 Å². The minimum atomic E-state index is -5.16. The molecule has 25 heavy (non-hydrogen) atoms. The molecular formula is C10H14N4O9P2. The first-order valence-corrected chi connectivity index (χ1v) is 9.97. The van der Waals surface area contributed by atoms with Gasteiger partial charge in [0.15, 0.2) is 11.2 Å². The van der Waals surface area contributed by atoms with Gasteiger partial charge in [0.1, 0.15) is 6.23 Å². The molecule has 1 aliphatic rings. The Morgan fingerprint density at radius 3 is 2.80 bits per heavy atom. The van der Waals surface area contributed by atoms with Crippen LogP contribution >= 0.6 is 15.6 Å². The lowest BCUT2D eigenvalue weighted by atomic mass is 10.2. The molecule has 0 radical (unpaired) electrons. The fraction of sp³-hybridized carbons (Fsp3) is 0.500. The molecule has 1 fully saturated rings. The molecule has 3 rings (SSSR count). The topological polar surface area (TPSA) is 186 Å². The SMILES string of the molecule is O=c1[nH]cnc2c1ncn2[C@H]1CC[C@@H](COP(=O)(O)OP(=O)(O)O)O1. The van der Waals surface area contributed by atoms with E-state index in [0.29, 0.717) is 18.5 Å². The van der Waals surface area contributed by atoms with Crippen molar-refractivity contribution in [3.63, 3.8) is 0 Å². The lowest BCUT2D eigenvalue weighted by Gasteiger charge is -2.17. The fourth-order valence-corrected chi connectivity index (χ4v) is 4.04. The van der Waals surface area contributed by atoms with Gasteiger partial charge in [0.2, 0.25) is 0 Å². The molecule has 1 saturated heterocycles. The molecule has 3 atom stereocenters. The van der Waals surface area contributed by atoms with Crippen LogP contribution in [0, 0.1) is 0 Å². The lowest BCUT2D eigenvalue weighted by Crippen LogP contribution is -2.16. The highest BCUT2D eigenvalue weighted by molar-refractivity contribution is 7.60. The Kier molecular flexibility index (Phi) is 4.93. The molecule has 0 bridgehead atoms. The first-order valence-electron chi connectivity index (χ1n) is 6.94. The van der Waals surface area contributed by atoms with Gasteiger partial charge in [-0.05, 0) is 12.8 Å². The van der Waals surface area contributed by atoms with Crippen LogP contribution in [-0.2, 0) is 22.7 Å². The van der Waals surface area contributed by atoms with Gasteiger partial charge < -0.3 is 24.4 Å². The monoisotopic (exact) mass is 396 g/mol. The van der Waals surface area contributed by atoms with E-state index in [9.17, 15) is 18.8 Å². The normalized spacial score (nSPS) is 23.8. The smallest absolute Gasteiger partial charge is 0.352 e. The van der Waals surface area contributed by atoms with Gasteiger partial charge in [-0.15, -0.1) is 0 Å². The molecule has 138 valence electrons. The first-order chi connectivity index (χ1) is 11.6. The number of imidazole rings is 1. The van der Waals surface area contributed by atoms with E-state index in [1.54, 1.807) is 4.57 Å². The maximum atomic E-state index is 11.6. The molecule has 4 N–H and O–H groups in total. The van der Waals surface area contributed by atoms with Gasteiger partial charge in [-0.2, -0.15) is 4.31 Å². The van der Waals surface area contributed by atoms with Crippen molar-refractivity contribution >= 4 is 26.8 Å². The zero-order chi connectivity index (χ0) is 18.2. The molecule has 2 aromatic heterocycles. The molecule has 0 saturated carbocycles. The van der Waals surface area contributed by atoms with Crippen molar-refractivity contribution in [1.29, 1.82) is 0 Å². The third-order valence-electron chi connectivity index (χ3n) is 3.39. The average Bonchev–Trinajstić information content (AvgIpc) is 3.09. The molecule has 3 heterocycles. The number of hydrogen-bond acceptors (Lipinski definition) is 8. The number of nitrogens with zero attached hydrogens (tertiary/aromatic N) is 3. The van der Waals surface area contributed by atoms with Crippen molar-refractivity contribution in [2.75, 3.05) is 6.61 Å². The summed E-state index contributed by atoms with van der Waals surface area (Å²) in [5.74, 6) is 0. The summed E-state index contributed by atoms with van der Waals surface area (Å²) in [7, 11) is -10.1. The Balaban J connectivity index is 1.64. The number of fused-ring (bicyclic) bond motifs is 1. The summed E-state index contributed by atoms with van der Waals surface area (Å²) in [5.41, 5.74) is 0.0890. The summed E-state index contributed by atoms with van der Waals surface area (Å²) in [6.45, 7) is -0.412. The van der Waals surface area contributed by atoms with E-state index in [-0.39, 0.29) is 5.52 Å². The second-order valence-corrected chi connectivity index (χ2v) is 8.01. The van der Waals surface area contributed by atoms with E-state index in [1.807, 2.05) is 0 Å². The Bertz CT molecular complexity index is 920. The molecule has 13 nitrogen and oxygen atoms in total. The van der Waals surface area contributed by atoms with Gasteiger partial charge in [0, 0.05) is 0 Å². The number of ether oxygens (including phenoxy) is 1. The van der Waals surface area contributed by atoms with Crippen LogP contribution in [0.3, 0.4) is 0 Å². The van der Waals surface area contributed by atoms with Gasteiger partial charge in [0.05, 0.1) is 25.4 Å². The summed E-state index contributed by atoms with van der Waals surface area (Å²) in [5, 5.41) is 0. The summed E-state index contributed by atoms with van der Waals surface area (Å²) in [6, 6.07) is 0. The molecule has 0 aliphatic carbocycles. The number of hydrogen-bond donors (Lipinski definition) is 4. The maximum Gasteiger partial charge on any atom is 0.481 e. The van der Waals surface area contributed by atoms with Crippen molar-refractivity contribution in [3.8, 4) is 0 Å². The molecule has 0 aromatic carbocycles. The van der Waals surface area contributed by atoms with Gasteiger partial charge in [0.25, 0.3) is 5.56 Å². The van der Waals surface area contributed by atoms with E-state index in [1.165, 1.54) is 12.7 Å². The molecular weight excluding hydrogens is 382 g/mol. The molecule has 2 aromatic rings. The molecule has 1 unspecified atom stereocenters. The Morgan fingerprint density at radius 1 is 1.32 bits per heavy atom. The summed E-state index contributed by atoms with van der Waals surface area (Å²) in [4.78, 5) is 48.3. The maximum absolute atomic E-state index is 11.6. The molecule has 0 amide bonds. The minimum Gasteiger partial charge on any atom is -0.352 e. The van der Waals surface area contributed by atoms with Crippen LogP contribution in [0.4, 0.5) is 0 Å². The highest BCUT2D eigenvalue weighted by atomic mass is 31.3. The van der Waals surface area contributed by atoms with Crippen molar-refractivity contribution in [1.82, 2.24) is 19.5 Å². The standard InChI is InChI=1S/C10H14N4O9P2/c15-10-8-9(11-4-12-10)14(5-13-8)7-2-1-6(22-7)3-21-25(19,20)23-24(16,17)18/h4-7H,1-3H2,(H,19,20)(H,11,12,15)(H2,16,17,18)/t6-,7+/m0/s1. The average molecular weight is 396 g/mol. The predicted molar refractivity (Wildman–Crippen MR) is 80.2 cm³/mol. The molecule has 15 heteroatoms. The Hall–Kier alpha value is -1.43. The zero-order valence-electron chi connectivity index (χ0n) is 12.5. The van der Waals surface area contributed by atoms with Crippen LogP contribution in [0.15, 0.2) is 17.4 Å². The Morgan fingerprint density at radius 2 is 2.08 bits per heavy atom. The predicted octanol–water partition coefficient (Wildman–Crippen LogP) is 0.0235. The highest BCUT2D eigenvalue weighted by Gasteiger charge is 2.35. The first kappa shape index (κ1) is 18.4.